The second kappa shape index (κ2) is 6.85. The van der Waals surface area contributed by atoms with Crippen LogP contribution in [0.15, 0.2) is 65.6 Å². The molecule has 0 unspecified atom stereocenters. The molecular formula is C18H13F3O3S2. The summed E-state index contributed by atoms with van der Waals surface area (Å²) < 4.78 is 65.0. The number of thioether (sulfide) groups is 1. The molecule has 0 N–H and O–H groups in total. The highest BCUT2D eigenvalue weighted by Crippen LogP contribution is 2.37. The lowest BCUT2D eigenvalue weighted by Crippen LogP contribution is -2.28. The monoisotopic (exact) mass is 398 g/mol. The van der Waals surface area contributed by atoms with E-state index in [1.54, 1.807) is 18.4 Å². The lowest BCUT2D eigenvalue weighted by atomic mass is 10.0. The molecule has 3 rings (SSSR count). The van der Waals surface area contributed by atoms with E-state index in [1.807, 2.05) is 42.5 Å². The van der Waals surface area contributed by atoms with Crippen molar-refractivity contribution < 1.29 is 25.8 Å². The van der Waals surface area contributed by atoms with Gasteiger partial charge in [0, 0.05) is 0 Å². The summed E-state index contributed by atoms with van der Waals surface area (Å²) in [4.78, 5) is 0.304. The summed E-state index contributed by atoms with van der Waals surface area (Å²) >= 11 is 1.11. The molecule has 0 fully saturated rings. The second-order valence-corrected chi connectivity index (χ2v) is 7.80. The molecular weight excluding hydrogens is 385 g/mol. The maximum absolute atomic E-state index is 12.6. The number of halogens is 3. The number of rotatable bonds is 4. The van der Waals surface area contributed by atoms with Gasteiger partial charge in [0.15, 0.2) is 5.75 Å². The predicted molar refractivity (Wildman–Crippen MR) is 96.8 cm³/mol. The van der Waals surface area contributed by atoms with Gasteiger partial charge in [0.2, 0.25) is 0 Å². The van der Waals surface area contributed by atoms with E-state index in [2.05, 4.69) is 4.18 Å². The highest BCUT2D eigenvalue weighted by atomic mass is 32.2. The van der Waals surface area contributed by atoms with Crippen LogP contribution in [0, 0.1) is 0 Å². The zero-order valence-electron chi connectivity index (χ0n) is 13.4. The topological polar surface area (TPSA) is 43.4 Å². The minimum atomic E-state index is -5.73. The summed E-state index contributed by atoms with van der Waals surface area (Å²) in [5, 5.41) is 1.35. The first kappa shape index (κ1) is 18.6. The number of fused-ring (bicyclic) bond motifs is 1. The van der Waals surface area contributed by atoms with Crippen molar-refractivity contribution in [1.82, 2.24) is 0 Å². The molecule has 0 aliphatic rings. The van der Waals surface area contributed by atoms with Crippen LogP contribution >= 0.6 is 11.8 Å². The van der Waals surface area contributed by atoms with Crippen LogP contribution in [0.25, 0.3) is 21.9 Å². The summed E-state index contributed by atoms with van der Waals surface area (Å²) in [7, 11) is -5.73. The Bertz CT molecular complexity index is 1050. The third-order valence-electron chi connectivity index (χ3n) is 3.71. The second-order valence-electron chi connectivity index (χ2n) is 5.41. The van der Waals surface area contributed by atoms with Crippen molar-refractivity contribution in [3.8, 4) is 16.9 Å². The number of hydrogen-bond acceptors (Lipinski definition) is 4. The van der Waals surface area contributed by atoms with E-state index in [1.165, 1.54) is 6.07 Å². The minimum Gasteiger partial charge on any atom is -0.375 e. The Morgan fingerprint density at radius 3 is 2.19 bits per heavy atom. The molecule has 8 heteroatoms. The predicted octanol–water partition coefficient (Wildman–Crippen LogP) is 5.46. The molecule has 3 nitrogen and oxygen atoms in total. The lowest BCUT2D eigenvalue weighted by Gasteiger charge is -2.13. The third-order valence-corrected chi connectivity index (χ3v) is 5.44. The van der Waals surface area contributed by atoms with Gasteiger partial charge in [0.25, 0.3) is 0 Å². The summed E-state index contributed by atoms with van der Waals surface area (Å²) in [5.74, 6) is -0.340. The Labute approximate surface area is 152 Å². The van der Waals surface area contributed by atoms with Gasteiger partial charge in [-0.2, -0.15) is 21.6 Å². The van der Waals surface area contributed by atoms with Crippen LogP contribution in [0.3, 0.4) is 0 Å². The molecule has 0 aliphatic carbocycles. The normalized spacial score (nSPS) is 12.3. The van der Waals surface area contributed by atoms with E-state index in [9.17, 15) is 21.6 Å². The minimum absolute atomic E-state index is 0.304. The highest BCUT2D eigenvalue weighted by Gasteiger charge is 2.48. The quantitative estimate of drug-likeness (QED) is 0.333. The molecule has 0 amide bonds. The van der Waals surface area contributed by atoms with Crippen molar-refractivity contribution in [3.05, 3.63) is 60.7 Å². The van der Waals surface area contributed by atoms with E-state index in [4.69, 9.17) is 0 Å². The van der Waals surface area contributed by atoms with Crippen LogP contribution in [0.2, 0.25) is 0 Å². The molecule has 0 aromatic heterocycles. The van der Waals surface area contributed by atoms with E-state index < -0.39 is 15.6 Å². The van der Waals surface area contributed by atoms with Crippen LogP contribution in [0.4, 0.5) is 13.2 Å². The zero-order valence-corrected chi connectivity index (χ0v) is 15.1. The fourth-order valence-corrected chi connectivity index (χ4v) is 3.52. The van der Waals surface area contributed by atoms with E-state index >= 15 is 0 Å². The Kier molecular flexibility index (Phi) is 4.90. The van der Waals surface area contributed by atoms with E-state index in [0.717, 1.165) is 28.3 Å². The van der Waals surface area contributed by atoms with Gasteiger partial charge in [-0.3, -0.25) is 0 Å². The molecule has 0 saturated heterocycles. The van der Waals surface area contributed by atoms with Crippen LogP contribution in [-0.4, -0.2) is 20.2 Å². The SMILES string of the molecule is CSc1cc2ccc(-c3ccccc3)cc2cc1OS(=O)(=O)C(F)(F)F. The summed E-state index contributed by atoms with van der Waals surface area (Å²) in [6, 6.07) is 17.9. The average Bonchev–Trinajstić information content (AvgIpc) is 2.60. The molecule has 3 aromatic carbocycles. The zero-order chi connectivity index (χ0) is 18.9. The van der Waals surface area contributed by atoms with Gasteiger partial charge in [-0.25, -0.2) is 0 Å². The molecule has 0 atom stereocenters. The molecule has 0 radical (unpaired) electrons. The lowest BCUT2D eigenvalue weighted by molar-refractivity contribution is -0.0500. The molecule has 26 heavy (non-hydrogen) atoms. The van der Waals surface area contributed by atoms with Crippen molar-refractivity contribution in [2.45, 2.75) is 10.4 Å². The molecule has 0 aliphatic heterocycles. The number of hydrogen-bond donors (Lipinski definition) is 0. The Balaban J connectivity index is 2.11. The third kappa shape index (κ3) is 3.66. The van der Waals surface area contributed by atoms with Crippen molar-refractivity contribution in [2.75, 3.05) is 6.26 Å². The average molecular weight is 398 g/mol. The molecule has 0 bridgehead atoms. The van der Waals surface area contributed by atoms with Crippen LogP contribution < -0.4 is 4.18 Å². The van der Waals surface area contributed by atoms with Crippen molar-refractivity contribution in [2.24, 2.45) is 0 Å². The number of benzene rings is 3. The van der Waals surface area contributed by atoms with E-state index in [-0.39, 0.29) is 5.75 Å². The van der Waals surface area contributed by atoms with Crippen LogP contribution in [0.5, 0.6) is 5.75 Å². The standard InChI is InChI=1S/C18H13F3O3S2/c1-25-17-11-14-8-7-13(12-5-3-2-4-6-12)9-15(14)10-16(17)24-26(22,23)18(19,20)21/h2-11H,1H3. The van der Waals surface area contributed by atoms with Gasteiger partial charge in [0.05, 0.1) is 4.90 Å². The Morgan fingerprint density at radius 1 is 0.885 bits per heavy atom. The van der Waals surface area contributed by atoms with Crippen molar-refractivity contribution in [3.63, 3.8) is 0 Å². The van der Waals surface area contributed by atoms with Crippen molar-refractivity contribution in [1.29, 1.82) is 0 Å². The maximum atomic E-state index is 12.6. The van der Waals surface area contributed by atoms with Crippen LogP contribution in [0.1, 0.15) is 0 Å². The Hall–Kier alpha value is -2.19. The molecule has 0 saturated carbocycles. The molecule has 0 heterocycles. The van der Waals surface area contributed by atoms with Gasteiger partial charge in [0.1, 0.15) is 0 Å². The highest BCUT2D eigenvalue weighted by molar-refractivity contribution is 7.98. The first-order chi connectivity index (χ1) is 12.2. The van der Waals surface area contributed by atoms with Crippen molar-refractivity contribution >= 4 is 32.7 Å². The first-order valence-electron chi connectivity index (χ1n) is 7.39. The largest absolute Gasteiger partial charge is 0.534 e. The Morgan fingerprint density at radius 2 is 1.58 bits per heavy atom. The van der Waals surface area contributed by atoms with Gasteiger partial charge in [-0.05, 0) is 46.4 Å². The summed E-state index contributed by atoms with van der Waals surface area (Å²) in [5.41, 5.74) is -3.68. The molecule has 0 spiro atoms. The molecule has 136 valence electrons. The first-order valence-corrected chi connectivity index (χ1v) is 10.0. The van der Waals surface area contributed by atoms with Gasteiger partial charge < -0.3 is 4.18 Å². The van der Waals surface area contributed by atoms with Gasteiger partial charge in [-0.15, -0.1) is 11.8 Å². The van der Waals surface area contributed by atoms with Gasteiger partial charge in [-0.1, -0.05) is 42.5 Å². The van der Waals surface area contributed by atoms with Gasteiger partial charge >= 0.3 is 15.6 Å². The van der Waals surface area contributed by atoms with E-state index in [0.29, 0.717) is 10.3 Å². The summed E-state index contributed by atoms with van der Waals surface area (Å²) in [6.07, 6.45) is 1.63. The van der Waals surface area contributed by atoms with Crippen LogP contribution in [-0.2, 0) is 10.1 Å². The molecule has 3 aromatic rings. The smallest absolute Gasteiger partial charge is 0.375 e. The maximum Gasteiger partial charge on any atom is 0.534 e. The fraction of sp³-hybridized carbons (Fsp3) is 0.111. The number of alkyl halides is 3. The fourth-order valence-electron chi connectivity index (χ4n) is 2.46. The summed E-state index contributed by atoms with van der Waals surface area (Å²) in [6.45, 7) is 0.